The Morgan fingerprint density at radius 3 is 1.77 bits per heavy atom. The molecule has 0 heteroatoms. The molecular weight excluding hydrogens is 420 g/mol. The summed E-state index contributed by atoms with van der Waals surface area (Å²) in [6.45, 7) is 2.26. The van der Waals surface area contributed by atoms with Crippen LogP contribution in [0.5, 0.6) is 0 Å². The third-order valence-corrected chi connectivity index (χ3v) is 7.69. The predicted octanol–water partition coefficient (Wildman–Crippen LogP) is 9.83. The van der Waals surface area contributed by atoms with Crippen molar-refractivity contribution in [3.05, 3.63) is 132 Å². The molecule has 0 nitrogen and oxygen atoms in total. The van der Waals surface area contributed by atoms with Crippen molar-refractivity contribution in [2.24, 2.45) is 0 Å². The summed E-state index contributed by atoms with van der Waals surface area (Å²) in [4.78, 5) is 0. The molecule has 1 aliphatic rings. The lowest BCUT2D eigenvalue weighted by Crippen LogP contribution is -2.00. The highest BCUT2D eigenvalue weighted by Gasteiger charge is 2.21. The van der Waals surface area contributed by atoms with Gasteiger partial charge in [-0.3, -0.25) is 0 Å². The van der Waals surface area contributed by atoms with Crippen molar-refractivity contribution >= 4 is 32.3 Å². The molecule has 0 saturated heterocycles. The highest BCUT2D eigenvalue weighted by molar-refractivity contribution is 6.28. The van der Waals surface area contributed by atoms with Gasteiger partial charge in [-0.15, -0.1) is 0 Å². The molecule has 0 saturated carbocycles. The van der Waals surface area contributed by atoms with Gasteiger partial charge in [-0.05, 0) is 85.1 Å². The van der Waals surface area contributed by atoms with Gasteiger partial charge in [0.05, 0.1) is 0 Å². The van der Waals surface area contributed by atoms with Gasteiger partial charge in [0.1, 0.15) is 0 Å². The average Bonchev–Trinajstić information content (AvgIpc) is 2.93. The van der Waals surface area contributed by atoms with Gasteiger partial charge in [0, 0.05) is 5.92 Å². The van der Waals surface area contributed by atoms with E-state index in [0.717, 1.165) is 6.42 Å². The Morgan fingerprint density at radius 1 is 0.571 bits per heavy atom. The van der Waals surface area contributed by atoms with Crippen molar-refractivity contribution in [3.8, 4) is 22.3 Å². The number of aryl methyl sites for hydroxylation is 1. The third kappa shape index (κ3) is 3.14. The lowest BCUT2D eigenvalue weighted by atomic mass is 9.80. The molecule has 35 heavy (non-hydrogen) atoms. The zero-order valence-corrected chi connectivity index (χ0v) is 19.8. The Labute approximate surface area is 206 Å². The molecule has 0 N–H and O–H groups in total. The average molecular weight is 447 g/mol. The maximum absolute atomic E-state index is 2.45. The monoisotopic (exact) mass is 446 g/mol. The van der Waals surface area contributed by atoms with E-state index in [1.165, 1.54) is 65.7 Å². The van der Waals surface area contributed by atoms with Crippen LogP contribution in [0.25, 0.3) is 54.6 Å². The maximum Gasteiger partial charge on any atom is 0.00620 e. The zero-order valence-electron chi connectivity index (χ0n) is 19.8. The summed E-state index contributed by atoms with van der Waals surface area (Å²) in [6.07, 6.45) is 10.1. The van der Waals surface area contributed by atoms with E-state index in [1.807, 2.05) is 0 Å². The highest BCUT2D eigenvalue weighted by atomic mass is 14.2. The molecule has 0 aromatic heterocycles. The zero-order chi connectivity index (χ0) is 23.4. The summed E-state index contributed by atoms with van der Waals surface area (Å²) >= 11 is 0. The molecule has 1 unspecified atom stereocenters. The van der Waals surface area contributed by atoms with Gasteiger partial charge in [0.2, 0.25) is 0 Å². The number of hydrogen-bond acceptors (Lipinski definition) is 0. The Morgan fingerprint density at radius 2 is 1.14 bits per heavy atom. The summed E-state index contributed by atoms with van der Waals surface area (Å²) < 4.78 is 0. The smallest absolute Gasteiger partial charge is 0.00620 e. The van der Waals surface area contributed by atoms with E-state index in [9.17, 15) is 0 Å². The summed E-state index contributed by atoms with van der Waals surface area (Å²) in [5.41, 5.74) is 7.96. The molecule has 0 amide bonds. The van der Waals surface area contributed by atoms with Crippen LogP contribution in [-0.2, 0) is 0 Å². The van der Waals surface area contributed by atoms with Crippen molar-refractivity contribution in [3.63, 3.8) is 0 Å². The second-order valence-corrected chi connectivity index (χ2v) is 9.71. The van der Waals surface area contributed by atoms with Gasteiger partial charge in [-0.1, -0.05) is 115 Å². The number of rotatable bonds is 3. The molecular formula is C35H26. The molecule has 0 spiro atoms. The van der Waals surface area contributed by atoms with E-state index in [0.29, 0.717) is 5.92 Å². The van der Waals surface area contributed by atoms with Crippen LogP contribution in [-0.4, -0.2) is 0 Å². The second-order valence-electron chi connectivity index (χ2n) is 9.71. The molecule has 0 fully saturated rings. The Kier molecular flexibility index (Phi) is 4.60. The maximum atomic E-state index is 2.45. The van der Waals surface area contributed by atoms with Crippen LogP contribution in [0, 0.1) is 6.92 Å². The normalized spacial score (nSPS) is 15.5. The summed E-state index contributed by atoms with van der Waals surface area (Å²) in [5, 5.41) is 8.21. The fourth-order valence-electron chi connectivity index (χ4n) is 6.03. The Balaban J connectivity index is 1.66. The van der Waals surface area contributed by atoms with Crippen molar-refractivity contribution in [2.45, 2.75) is 19.3 Å². The van der Waals surface area contributed by atoms with Crippen LogP contribution in [0.3, 0.4) is 0 Å². The first-order valence-electron chi connectivity index (χ1n) is 12.5. The van der Waals surface area contributed by atoms with Crippen LogP contribution in [0.1, 0.15) is 23.5 Å². The van der Waals surface area contributed by atoms with E-state index in [2.05, 4.69) is 128 Å². The largest absolute Gasteiger partial charge is 0.0836 e. The van der Waals surface area contributed by atoms with Crippen molar-refractivity contribution < 1.29 is 0 Å². The van der Waals surface area contributed by atoms with Crippen LogP contribution in [0.2, 0.25) is 0 Å². The summed E-state index contributed by atoms with van der Waals surface area (Å²) in [7, 11) is 0. The number of benzene rings is 6. The summed E-state index contributed by atoms with van der Waals surface area (Å²) in [6, 6.07) is 35.9. The fraction of sp³-hybridized carbons (Fsp3) is 0.0857. The first-order chi connectivity index (χ1) is 17.3. The Bertz CT molecular complexity index is 1750. The van der Waals surface area contributed by atoms with E-state index in [1.54, 1.807) is 0 Å². The van der Waals surface area contributed by atoms with Gasteiger partial charge < -0.3 is 0 Å². The van der Waals surface area contributed by atoms with Crippen molar-refractivity contribution in [2.75, 3.05) is 0 Å². The molecule has 7 rings (SSSR count). The number of hydrogen-bond donors (Lipinski definition) is 0. The molecule has 1 atom stereocenters. The topological polar surface area (TPSA) is 0 Å². The first-order valence-corrected chi connectivity index (χ1v) is 12.5. The lowest BCUT2D eigenvalue weighted by Gasteiger charge is -2.23. The van der Waals surface area contributed by atoms with E-state index >= 15 is 0 Å². The molecule has 6 aromatic carbocycles. The predicted molar refractivity (Wildman–Crippen MR) is 151 cm³/mol. The minimum Gasteiger partial charge on any atom is -0.0836 e. The van der Waals surface area contributed by atoms with Crippen LogP contribution in [0.4, 0.5) is 0 Å². The molecule has 0 bridgehead atoms. The van der Waals surface area contributed by atoms with E-state index in [4.69, 9.17) is 0 Å². The van der Waals surface area contributed by atoms with Crippen molar-refractivity contribution in [1.29, 1.82) is 0 Å². The summed E-state index contributed by atoms with van der Waals surface area (Å²) in [5.74, 6) is 0.390. The SMILES string of the molecule is Cc1cc(-c2ccccc2)c2ccc3c(-c4ccccc4)cc(C4C=CC=CC4)c4ccc1c2c34. The molecule has 6 aromatic rings. The fourth-order valence-corrected chi connectivity index (χ4v) is 6.03. The van der Waals surface area contributed by atoms with Gasteiger partial charge in [-0.25, -0.2) is 0 Å². The van der Waals surface area contributed by atoms with Crippen LogP contribution < -0.4 is 0 Å². The first kappa shape index (κ1) is 20.2. The second kappa shape index (κ2) is 7.96. The van der Waals surface area contributed by atoms with Gasteiger partial charge in [0.15, 0.2) is 0 Å². The van der Waals surface area contributed by atoms with E-state index in [-0.39, 0.29) is 0 Å². The third-order valence-electron chi connectivity index (χ3n) is 7.69. The van der Waals surface area contributed by atoms with Gasteiger partial charge in [0.25, 0.3) is 0 Å². The molecule has 0 radical (unpaired) electrons. The van der Waals surface area contributed by atoms with Gasteiger partial charge in [-0.2, -0.15) is 0 Å². The van der Waals surface area contributed by atoms with Crippen molar-refractivity contribution in [1.82, 2.24) is 0 Å². The number of allylic oxidation sites excluding steroid dienone is 4. The standard InChI is InChI=1S/C35H26/c1-23-21-31(24-11-5-2-6-12-24)28-19-20-30-33(26-15-9-4-10-16-26)22-32(25-13-7-3-8-14-25)29-18-17-27(23)34(28)35(29)30/h2-13,15-22,25H,14H2,1H3. The minimum absolute atomic E-state index is 0.390. The quantitative estimate of drug-likeness (QED) is 0.237. The molecule has 166 valence electrons. The minimum atomic E-state index is 0.390. The van der Waals surface area contributed by atoms with Crippen LogP contribution in [0.15, 0.2) is 121 Å². The molecule has 1 aliphatic carbocycles. The molecule has 0 heterocycles. The Hall–Kier alpha value is -4.16. The van der Waals surface area contributed by atoms with E-state index < -0.39 is 0 Å². The van der Waals surface area contributed by atoms with Crippen LogP contribution >= 0.6 is 0 Å². The lowest BCUT2D eigenvalue weighted by molar-refractivity contribution is 0.863. The highest BCUT2D eigenvalue weighted by Crippen LogP contribution is 2.46. The molecule has 0 aliphatic heterocycles. The van der Waals surface area contributed by atoms with Gasteiger partial charge >= 0.3 is 0 Å².